The molecule has 0 spiro atoms. The van der Waals surface area contributed by atoms with Crippen molar-refractivity contribution in [2.75, 3.05) is 25.0 Å². The first-order valence-corrected chi connectivity index (χ1v) is 8.31. The van der Waals surface area contributed by atoms with E-state index in [0.717, 1.165) is 31.0 Å². The van der Waals surface area contributed by atoms with E-state index in [9.17, 15) is 0 Å². The van der Waals surface area contributed by atoms with Crippen LogP contribution >= 0.6 is 11.6 Å². The van der Waals surface area contributed by atoms with Crippen molar-refractivity contribution in [1.82, 2.24) is 4.90 Å². The number of likely N-dealkylation sites (N-methyl/N-ethyl adjacent to an activating group) is 1. The second-order valence-electron chi connectivity index (χ2n) is 6.41. The van der Waals surface area contributed by atoms with Crippen LogP contribution in [0.5, 0.6) is 0 Å². The van der Waals surface area contributed by atoms with Gasteiger partial charge in [0.25, 0.3) is 0 Å². The van der Waals surface area contributed by atoms with E-state index in [-0.39, 0.29) is 6.04 Å². The smallest absolute Gasteiger partial charge is 0.0426 e. The molecule has 0 aromatic heterocycles. The Balaban J connectivity index is 2.27. The van der Waals surface area contributed by atoms with E-state index >= 15 is 0 Å². The molecule has 0 bridgehead atoms. The highest BCUT2D eigenvalue weighted by Gasteiger charge is 2.27. The standard InChI is InChI=1S/C17H28ClN3/c1-5-16(19)8-14-6-7-15(18)9-17(14)21-10-12(2)20(4)13(3)11-21/h6-7,9,12-13,16H,5,8,10-11,19H2,1-4H3. The molecule has 0 aliphatic carbocycles. The Morgan fingerprint density at radius 3 is 2.48 bits per heavy atom. The average molecular weight is 310 g/mol. The highest BCUT2D eigenvalue weighted by molar-refractivity contribution is 6.30. The van der Waals surface area contributed by atoms with E-state index in [0.29, 0.717) is 12.1 Å². The van der Waals surface area contributed by atoms with Crippen molar-refractivity contribution >= 4 is 17.3 Å². The summed E-state index contributed by atoms with van der Waals surface area (Å²) in [7, 11) is 2.21. The molecule has 0 amide bonds. The Bertz CT molecular complexity index is 465. The van der Waals surface area contributed by atoms with Crippen LogP contribution in [0.3, 0.4) is 0 Å². The molecule has 0 saturated carbocycles. The van der Waals surface area contributed by atoms with Gasteiger partial charge in [-0.15, -0.1) is 0 Å². The van der Waals surface area contributed by atoms with Crippen LogP contribution in [0.25, 0.3) is 0 Å². The van der Waals surface area contributed by atoms with Gasteiger partial charge >= 0.3 is 0 Å². The molecular formula is C17H28ClN3. The van der Waals surface area contributed by atoms with Crippen LogP contribution in [0.15, 0.2) is 18.2 Å². The second kappa shape index (κ2) is 6.99. The third-order valence-electron chi connectivity index (χ3n) is 4.75. The molecule has 2 rings (SSSR count). The van der Waals surface area contributed by atoms with Crippen LogP contribution in [-0.4, -0.2) is 43.2 Å². The quantitative estimate of drug-likeness (QED) is 0.927. The Morgan fingerprint density at radius 2 is 1.90 bits per heavy atom. The summed E-state index contributed by atoms with van der Waals surface area (Å²) in [4.78, 5) is 4.91. The monoisotopic (exact) mass is 309 g/mol. The minimum Gasteiger partial charge on any atom is -0.368 e. The molecule has 1 aromatic carbocycles. The highest BCUT2D eigenvalue weighted by atomic mass is 35.5. The van der Waals surface area contributed by atoms with E-state index in [2.05, 4.69) is 49.8 Å². The van der Waals surface area contributed by atoms with Gasteiger partial charge in [-0.05, 0) is 51.4 Å². The van der Waals surface area contributed by atoms with Crippen LogP contribution < -0.4 is 10.6 Å². The molecule has 1 heterocycles. The number of benzene rings is 1. The molecule has 0 radical (unpaired) electrons. The zero-order chi connectivity index (χ0) is 15.6. The fourth-order valence-electron chi connectivity index (χ4n) is 3.03. The number of nitrogens with two attached hydrogens (primary N) is 1. The van der Waals surface area contributed by atoms with Crippen LogP contribution in [0, 0.1) is 0 Å². The van der Waals surface area contributed by atoms with Crippen molar-refractivity contribution in [1.29, 1.82) is 0 Å². The van der Waals surface area contributed by atoms with Gasteiger partial charge in [-0.3, -0.25) is 4.90 Å². The van der Waals surface area contributed by atoms with Crippen LogP contribution in [0.1, 0.15) is 32.8 Å². The molecule has 1 aliphatic heterocycles. The molecule has 3 nitrogen and oxygen atoms in total. The second-order valence-corrected chi connectivity index (χ2v) is 6.85. The van der Waals surface area contributed by atoms with E-state index in [1.807, 2.05) is 6.07 Å². The minimum absolute atomic E-state index is 0.215. The maximum Gasteiger partial charge on any atom is 0.0426 e. The number of hydrogen-bond acceptors (Lipinski definition) is 3. The summed E-state index contributed by atoms with van der Waals surface area (Å²) in [6, 6.07) is 7.52. The summed E-state index contributed by atoms with van der Waals surface area (Å²) in [6.45, 7) is 8.78. The van der Waals surface area contributed by atoms with Gasteiger partial charge in [-0.2, -0.15) is 0 Å². The van der Waals surface area contributed by atoms with Crippen LogP contribution in [-0.2, 0) is 6.42 Å². The van der Waals surface area contributed by atoms with Gasteiger partial charge in [-0.25, -0.2) is 0 Å². The fourth-order valence-corrected chi connectivity index (χ4v) is 3.20. The Hall–Kier alpha value is -0.770. The molecule has 3 unspecified atom stereocenters. The fraction of sp³-hybridized carbons (Fsp3) is 0.647. The molecule has 3 atom stereocenters. The third kappa shape index (κ3) is 3.91. The molecule has 1 saturated heterocycles. The van der Waals surface area contributed by atoms with E-state index in [1.165, 1.54) is 11.3 Å². The number of hydrogen-bond donors (Lipinski definition) is 1. The Morgan fingerprint density at radius 1 is 1.29 bits per heavy atom. The van der Waals surface area contributed by atoms with Crippen molar-refractivity contribution < 1.29 is 0 Å². The highest BCUT2D eigenvalue weighted by Crippen LogP contribution is 2.29. The van der Waals surface area contributed by atoms with E-state index < -0.39 is 0 Å². The number of rotatable bonds is 4. The van der Waals surface area contributed by atoms with Crippen molar-refractivity contribution in [3.8, 4) is 0 Å². The van der Waals surface area contributed by atoms with Gasteiger partial charge in [0.05, 0.1) is 0 Å². The first kappa shape index (κ1) is 16.6. The van der Waals surface area contributed by atoms with Crippen molar-refractivity contribution in [2.45, 2.75) is 51.7 Å². The lowest BCUT2D eigenvalue weighted by Crippen LogP contribution is -2.55. The van der Waals surface area contributed by atoms with Gasteiger partial charge < -0.3 is 10.6 Å². The molecule has 21 heavy (non-hydrogen) atoms. The topological polar surface area (TPSA) is 32.5 Å². The molecule has 1 fully saturated rings. The van der Waals surface area contributed by atoms with Crippen LogP contribution in [0.4, 0.5) is 5.69 Å². The first-order chi connectivity index (χ1) is 9.92. The number of nitrogens with zero attached hydrogens (tertiary/aromatic N) is 2. The Labute approximate surface area is 134 Å². The van der Waals surface area contributed by atoms with E-state index in [1.54, 1.807) is 0 Å². The summed E-state index contributed by atoms with van der Waals surface area (Å²) in [6.07, 6.45) is 1.91. The van der Waals surface area contributed by atoms with Crippen molar-refractivity contribution in [2.24, 2.45) is 5.73 Å². The maximum atomic E-state index is 6.24. The Kier molecular flexibility index (Phi) is 5.53. The summed E-state index contributed by atoms with van der Waals surface area (Å²) >= 11 is 6.24. The molecule has 118 valence electrons. The molecule has 2 N–H and O–H groups in total. The summed E-state index contributed by atoms with van der Waals surface area (Å²) < 4.78 is 0. The van der Waals surface area contributed by atoms with Gasteiger partial charge in [0, 0.05) is 41.9 Å². The lowest BCUT2D eigenvalue weighted by atomic mass is 10.0. The number of anilines is 1. The lowest BCUT2D eigenvalue weighted by Gasteiger charge is -2.44. The maximum absolute atomic E-state index is 6.24. The molecule has 4 heteroatoms. The predicted molar refractivity (Wildman–Crippen MR) is 92.3 cm³/mol. The molecular weight excluding hydrogens is 282 g/mol. The zero-order valence-electron chi connectivity index (χ0n) is 13.6. The normalized spacial score (nSPS) is 25.1. The predicted octanol–water partition coefficient (Wildman–Crippen LogP) is 3.15. The number of halogens is 1. The summed E-state index contributed by atoms with van der Waals surface area (Å²) in [5.41, 5.74) is 8.74. The van der Waals surface area contributed by atoms with Gasteiger partial charge in [0.15, 0.2) is 0 Å². The largest absolute Gasteiger partial charge is 0.368 e. The van der Waals surface area contributed by atoms with Gasteiger partial charge in [0.2, 0.25) is 0 Å². The molecule has 1 aromatic rings. The molecule has 1 aliphatic rings. The third-order valence-corrected chi connectivity index (χ3v) is 4.99. The van der Waals surface area contributed by atoms with E-state index in [4.69, 9.17) is 17.3 Å². The summed E-state index contributed by atoms with van der Waals surface area (Å²) in [5, 5.41) is 0.804. The van der Waals surface area contributed by atoms with Crippen molar-refractivity contribution in [3.05, 3.63) is 28.8 Å². The van der Waals surface area contributed by atoms with Gasteiger partial charge in [0.1, 0.15) is 0 Å². The van der Waals surface area contributed by atoms with Gasteiger partial charge in [-0.1, -0.05) is 24.6 Å². The SMILES string of the molecule is CCC(N)Cc1ccc(Cl)cc1N1CC(C)N(C)C(C)C1. The van der Waals surface area contributed by atoms with Crippen LogP contribution in [0.2, 0.25) is 5.02 Å². The average Bonchev–Trinajstić information content (AvgIpc) is 2.45. The zero-order valence-corrected chi connectivity index (χ0v) is 14.4. The lowest BCUT2D eigenvalue weighted by molar-refractivity contribution is 0.170. The summed E-state index contributed by atoms with van der Waals surface area (Å²) in [5.74, 6) is 0. The number of piperazine rings is 1. The first-order valence-electron chi connectivity index (χ1n) is 7.93. The van der Waals surface area contributed by atoms with Crippen molar-refractivity contribution in [3.63, 3.8) is 0 Å². The minimum atomic E-state index is 0.215.